The van der Waals surface area contributed by atoms with Gasteiger partial charge in [-0.1, -0.05) is 0 Å². The molecule has 0 aliphatic heterocycles. The summed E-state index contributed by atoms with van der Waals surface area (Å²) in [6, 6.07) is 0. The molecule has 0 saturated heterocycles. The van der Waals surface area contributed by atoms with Gasteiger partial charge in [-0.05, 0) is 0 Å². The maximum atomic E-state index is 9.93. The average Bonchev–Trinajstić information content (AvgIpc) is 0.938. The Morgan fingerprint density at radius 3 is 0.333 bits per heavy atom. The summed E-state index contributed by atoms with van der Waals surface area (Å²) in [6.45, 7) is 0. The van der Waals surface area contributed by atoms with E-state index < -0.39 is 39.0 Å². The van der Waals surface area contributed by atoms with Crippen molar-refractivity contribution in [1.82, 2.24) is 0 Å². The molecule has 15 heavy (non-hydrogen) atoms. The van der Waals surface area contributed by atoms with Gasteiger partial charge in [0.05, 0.1) is 0 Å². The first-order valence-electron chi connectivity index (χ1n) is 2.03. The minimum Gasteiger partial charge on any atom is 2.00 e. The fourth-order valence-electron chi connectivity index (χ4n) is 0. The molecule has 0 aromatic rings. The third-order valence-corrected chi connectivity index (χ3v) is 0. The van der Waals surface area contributed by atoms with E-state index in [4.69, 9.17) is 0 Å². The first-order chi connectivity index (χ1) is 4.90. The monoisotopic (exact) mass is 534 g/mol. The van der Waals surface area contributed by atoms with E-state index in [2.05, 4.69) is 0 Å². The van der Waals surface area contributed by atoms with Crippen LogP contribution in [0.2, 0.25) is 0 Å². The zero-order valence-electron chi connectivity index (χ0n) is 6.14. The van der Waals surface area contributed by atoms with Gasteiger partial charge in [-0.3, -0.25) is 0 Å². The summed E-state index contributed by atoms with van der Waals surface area (Å²) in [5.74, 6) is 0. The molecule has 0 aromatic heterocycles. The van der Waals surface area contributed by atoms with Crippen LogP contribution in [0.4, 0.5) is 33.8 Å². The normalized spacial score (nSPS) is 21.6. The van der Waals surface area contributed by atoms with E-state index in [9.17, 15) is 33.8 Å². The van der Waals surface area contributed by atoms with E-state index in [0.717, 1.165) is 0 Å². The van der Waals surface area contributed by atoms with Gasteiger partial charge in [0.25, 0.3) is 0 Å². The number of rotatable bonds is 0. The molecule has 0 N–H and O–H groups in total. The van der Waals surface area contributed by atoms with E-state index in [0.29, 0.717) is 0 Å². The van der Waals surface area contributed by atoms with Crippen LogP contribution in [0.3, 0.4) is 0 Å². The van der Waals surface area contributed by atoms with Crippen LogP contribution in [-0.2, 0) is 19.5 Å². The van der Waals surface area contributed by atoms with Crippen LogP contribution in [-0.4, -0.2) is 39.0 Å². The average molecular weight is 537 g/mol. The molecule has 0 aliphatic rings. The van der Waals surface area contributed by atoms with Gasteiger partial charge in [-0.2, -0.15) is 0 Å². The molecular weight excluding hydrogens is 537 g/mol. The molecule has 0 bridgehead atoms. The Labute approximate surface area is 91.5 Å². The first-order valence-corrected chi connectivity index (χ1v) is 13.6. The fourth-order valence-corrected chi connectivity index (χ4v) is 0. The molecule has 0 radical (unpaired) electrons. The van der Waals surface area contributed by atoms with Gasteiger partial charge in [0.1, 0.15) is 0 Å². The Balaban J connectivity index is -0.000000180. The summed E-state index contributed by atoms with van der Waals surface area (Å²) in [6.07, 6.45) is 0. The predicted molar refractivity (Wildman–Crippen MR) is 24.8 cm³/mol. The molecule has 0 saturated carbocycles. The summed E-state index contributed by atoms with van der Waals surface area (Å²) < 4.78 is 119. The van der Waals surface area contributed by atoms with Crippen LogP contribution < -0.4 is 0 Å². The number of halogens is 12. The van der Waals surface area contributed by atoms with Gasteiger partial charge in [-0.15, -0.1) is 0 Å². The Kier molecular flexibility index (Phi) is 4.69. The van der Waals surface area contributed by atoms with Crippen molar-refractivity contribution in [3.63, 3.8) is 0 Å². The van der Waals surface area contributed by atoms with Gasteiger partial charge in [-0.25, -0.2) is 0 Å². The molecule has 0 spiro atoms. The molecule has 0 aliphatic carbocycles. The molecule has 0 atom stereocenters. The predicted octanol–water partition coefficient (Wildman–Crippen LogP) is 4.28. The largest absolute Gasteiger partial charge is 2.00 e. The van der Waals surface area contributed by atoms with Crippen LogP contribution in [0, 0.1) is 0 Å². The third kappa shape index (κ3) is 1380. The molecule has 0 amide bonds. The summed E-state index contributed by atoms with van der Waals surface area (Å²) in [5, 5.41) is 0. The van der Waals surface area contributed by atoms with Crippen molar-refractivity contribution in [1.29, 1.82) is 0 Å². The van der Waals surface area contributed by atoms with E-state index >= 15 is 0 Å². The topological polar surface area (TPSA) is 0 Å². The van der Waals surface area contributed by atoms with Crippen molar-refractivity contribution in [3.05, 3.63) is 0 Å². The van der Waals surface area contributed by atoms with Crippen LogP contribution in [0.1, 0.15) is 0 Å². The van der Waals surface area contributed by atoms with Crippen LogP contribution in [0.5, 0.6) is 0 Å². The fraction of sp³-hybridized carbons (Fsp3) is 0. The Morgan fingerprint density at radius 2 is 0.333 bits per heavy atom. The van der Waals surface area contributed by atoms with Gasteiger partial charge in [0, 0.05) is 0 Å². The zero-order valence-corrected chi connectivity index (χ0v) is 14.2. The molecule has 0 heterocycles. The van der Waals surface area contributed by atoms with Crippen molar-refractivity contribution < 1.29 is 53.2 Å². The summed E-state index contributed by atoms with van der Waals surface area (Å²) in [4.78, 5) is 0. The second-order valence-corrected chi connectivity index (χ2v) is 12.9. The van der Waals surface area contributed by atoms with Crippen molar-refractivity contribution in [3.8, 4) is 0 Å². The quantitative estimate of drug-likeness (QED) is 0.320. The Bertz CT molecular complexity index is 161. The van der Waals surface area contributed by atoms with Crippen LogP contribution >= 0.6 is 0 Å². The second-order valence-electron chi connectivity index (χ2n) is 1.92. The SMILES string of the molecule is [F][Sb-]([F])([F])([F])([F])[F].[F][Sb-]([F])([F])([F])([F])[F].[Zn+2]. The summed E-state index contributed by atoms with van der Waals surface area (Å²) in [7, 11) is 0. The van der Waals surface area contributed by atoms with Gasteiger partial charge in [0.15, 0.2) is 0 Å². The van der Waals surface area contributed by atoms with Gasteiger partial charge < -0.3 is 0 Å². The van der Waals surface area contributed by atoms with Gasteiger partial charge in [0.2, 0.25) is 0 Å². The molecule has 96 valence electrons. The third-order valence-electron chi connectivity index (χ3n) is 0. The second kappa shape index (κ2) is 3.25. The van der Waals surface area contributed by atoms with Crippen LogP contribution in [0.15, 0.2) is 0 Å². The van der Waals surface area contributed by atoms with Crippen molar-refractivity contribution in [2.75, 3.05) is 0 Å². The van der Waals surface area contributed by atoms with Crippen molar-refractivity contribution in [2.24, 2.45) is 0 Å². The zero-order chi connectivity index (χ0) is 12.8. The standard InChI is InChI=1S/12FH.2Sb.Zn/h12*1H;;;/q;;;;;;;;;;;;2*+5;+2/p-12. The summed E-state index contributed by atoms with van der Waals surface area (Å²) >= 11 is -22.5. The smallest absolute Gasteiger partial charge is 2.00 e. The van der Waals surface area contributed by atoms with E-state index in [1.54, 1.807) is 0 Å². The molecule has 0 unspecified atom stereocenters. The van der Waals surface area contributed by atoms with E-state index in [-0.39, 0.29) is 19.5 Å². The van der Waals surface area contributed by atoms with E-state index in [1.165, 1.54) is 0 Å². The minimum atomic E-state index is -11.2. The number of hydrogen-bond donors (Lipinski definition) is 0. The Morgan fingerprint density at radius 1 is 0.333 bits per heavy atom. The van der Waals surface area contributed by atoms with Crippen LogP contribution in [0.25, 0.3) is 0 Å². The summed E-state index contributed by atoms with van der Waals surface area (Å²) in [5.41, 5.74) is 0. The molecule has 0 aromatic carbocycles. The van der Waals surface area contributed by atoms with Crippen molar-refractivity contribution >= 4 is 39.0 Å². The van der Waals surface area contributed by atoms with Gasteiger partial charge >= 0.3 is 92.2 Å². The molecule has 0 rings (SSSR count). The maximum absolute atomic E-state index is 11.2. The molecular formula is F12Sb2Zn. The number of hydrogen-bond acceptors (Lipinski definition) is 0. The molecule has 15 heteroatoms. The maximum Gasteiger partial charge on any atom is 2.00 e. The van der Waals surface area contributed by atoms with Crippen molar-refractivity contribution in [2.45, 2.75) is 0 Å². The Hall–Kier alpha value is 1.42. The first kappa shape index (κ1) is 21.7. The van der Waals surface area contributed by atoms with E-state index in [1.807, 2.05) is 0 Å². The molecule has 0 fully saturated rings. The minimum absolute atomic E-state index is 0. The molecule has 0 nitrogen and oxygen atoms in total.